The molecule has 0 saturated carbocycles. The molecule has 6 nitrogen and oxygen atoms in total. The monoisotopic (exact) mass is 310 g/mol. The molecule has 0 radical (unpaired) electrons. The third kappa shape index (κ3) is 3.06. The minimum Gasteiger partial charge on any atom is -0.479 e. The maximum Gasteiger partial charge on any atom is 0.332 e. The van der Waals surface area contributed by atoms with E-state index in [2.05, 4.69) is 10.3 Å². The van der Waals surface area contributed by atoms with Crippen molar-refractivity contribution in [3.8, 4) is 10.6 Å². The predicted octanol–water partition coefficient (Wildman–Crippen LogP) is 2.07. The van der Waals surface area contributed by atoms with Gasteiger partial charge in [0, 0.05) is 5.56 Å². The molecule has 2 aromatic rings. The molecule has 8 heteroatoms. The fourth-order valence-corrected chi connectivity index (χ4v) is 2.80. The molecule has 0 bridgehead atoms. The number of hydrogen-bond donors (Lipinski definition) is 4. The number of hydrogen-bond acceptors (Lipinski definition) is 4. The third-order valence-corrected chi connectivity index (χ3v) is 3.78. The van der Waals surface area contributed by atoms with E-state index in [0.29, 0.717) is 5.01 Å². The molecule has 0 saturated heterocycles. The van der Waals surface area contributed by atoms with Gasteiger partial charge in [-0.15, -0.1) is 11.3 Å². The van der Waals surface area contributed by atoms with Crippen LogP contribution in [0.1, 0.15) is 11.7 Å². The highest BCUT2D eigenvalue weighted by Crippen LogP contribution is 2.34. The lowest BCUT2D eigenvalue weighted by atomic mass is 10.2. The summed E-state index contributed by atoms with van der Waals surface area (Å²) in [6.45, 7) is 0. The summed E-state index contributed by atoms with van der Waals surface area (Å²) in [4.78, 5) is 15.5. The lowest BCUT2D eigenvalue weighted by molar-refractivity contribution is -0.139. The van der Waals surface area contributed by atoms with Crippen molar-refractivity contribution in [2.24, 2.45) is 5.73 Å². The Labute approximate surface area is 123 Å². The first-order valence-electron chi connectivity index (χ1n) is 5.54. The van der Waals surface area contributed by atoms with Crippen LogP contribution in [-0.2, 0) is 4.79 Å². The summed E-state index contributed by atoms with van der Waals surface area (Å²) in [6, 6.07) is 8.05. The number of nitrogens with one attached hydrogen (secondary N) is 2. The number of carboxylic acids is 1. The first kappa shape index (κ1) is 14.3. The summed E-state index contributed by atoms with van der Waals surface area (Å²) < 4.78 is 0.255. The number of aromatic nitrogens is 1. The number of rotatable bonds is 4. The highest BCUT2D eigenvalue weighted by molar-refractivity contribution is 7.19. The Kier molecular flexibility index (Phi) is 4.21. The van der Waals surface area contributed by atoms with Gasteiger partial charge < -0.3 is 16.2 Å². The maximum atomic E-state index is 11.2. The SMILES string of the molecule is N=C(N)NC(C(=O)O)c1nc(-c2ccccc2)sc1Cl. The molecule has 0 spiro atoms. The van der Waals surface area contributed by atoms with Crippen molar-refractivity contribution in [3.05, 3.63) is 40.4 Å². The Bertz CT molecular complexity index is 644. The van der Waals surface area contributed by atoms with Crippen LogP contribution in [0.5, 0.6) is 0 Å². The normalized spacial score (nSPS) is 11.8. The van der Waals surface area contributed by atoms with Crippen LogP contribution in [0.2, 0.25) is 4.34 Å². The van der Waals surface area contributed by atoms with Crippen LogP contribution in [0.25, 0.3) is 10.6 Å². The third-order valence-electron chi connectivity index (χ3n) is 2.45. The van der Waals surface area contributed by atoms with Crippen molar-refractivity contribution < 1.29 is 9.90 Å². The van der Waals surface area contributed by atoms with Crippen LogP contribution in [0.15, 0.2) is 30.3 Å². The van der Waals surface area contributed by atoms with Crippen LogP contribution >= 0.6 is 22.9 Å². The second-order valence-electron chi connectivity index (χ2n) is 3.87. The Morgan fingerprint density at radius 3 is 2.65 bits per heavy atom. The van der Waals surface area contributed by atoms with Gasteiger partial charge in [-0.05, 0) is 0 Å². The molecule has 2 rings (SSSR count). The van der Waals surface area contributed by atoms with Gasteiger partial charge in [-0.3, -0.25) is 5.41 Å². The Morgan fingerprint density at radius 1 is 1.45 bits per heavy atom. The van der Waals surface area contributed by atoms with Crippen molar-refractivity contribution in [2.45, 2.75) is 6.04 Å². The van der Waals surface area contributed by atoms with Crippen molar-refractivity contribution in [2.75, 3.05) is 0 Å². The van der Waals surface area contributed by atoms with E-state index < -0.39 is 18.0 Å². The lowest BCUT2D eigenvalue weighted by Gasteiger charge is -2.12. The quantitative estimate of drug-likeness (QED) is 0.510. The van der Waals surface area contributed by atoms with Gasteiger partial charge in [0.25, 0.3) is 0 Å². The fraction of sp³-hybridized carbons (Fsp3) is 0.0833. The first-order chi connectivity index (χ1) is 9.49. The molecule has 104 valence electrons. The molecule has 20 heavy (non-hydrogen) atoms. The zero-order chi connectivity index (χ0) is 14.7. The topological polar surface area (TPSA) is 112 Å². The van der Waals surface area contributed by atoms with Gasteiger partial charge >= 0.3 is 5.97 Å². The Morgan fingerprint density at radius 2 is 2.10 bits per heavy atom. The minimum atomic E-state index is -1.24. The van der Waals surface area contributed by atoms with E-state index in [1.165, 1.54) is 11.3 Å². The number of carboxylic acid groups (broad SMARTS) is 1. The van der Waals surface area contributed by atoms with E-state index in [9.17, 15) is 9.90 Å². The summed E-state index contributed by atoms with van der Waals surface area (Å²) in [5, 5.41) is 19.3. The van der Waals surface area contributed by atoms with E-state index in [1.807, 2.05) is 30.3 Å². The summed E-state index contributed by atoms with van der Waals surface area (Å²) in [5.41, 5.74) is 6.17. The Hall–Kier alpha value is -2.12. The molecule has 0 amide bonds. The van der Waals surface area contributed by atoms with Gasteiger partial charge in [0.05, 0.1) is 0 Å². The highest BCUT2D eigenvalue weighted by Gasteiger charge is 2.27. The highest BCUT2D eigenvalue weighted by atomic mass is 35.5. The first-order valence-corrected chi connectivity index (χ1v) is 6.73. The molecular formula is C12H11ClN4O2S. The summed E-state index contributed by atoms with van der Waals surface area (Å²) in [7, 11) is 0. The molecule has 5 N–H and O–H groups in total. The molecule has 1 aromatic heterocycles. The van der Waals surface area contributed by atoms with Gasteiger partial charge in [0.15, 0.2) is 12.0 Å². The van der Waals surface area contributed by atoms with Crippen molar-refractivity contribution in [3.63, 3.8) is 0 Å². The van der Waals surface area contributed by atoms with Gasteiger partial charge in [-0.25, -0.2) is 9.78 Å². The van der Waals surface area contributed by atoms with Crippen molar-refractivity contribution in [1.82, 2.24) is 10.3 Å². The number of thiazole rings is 1. The molecule has 1 unspecified atom stereocenters. The van der Waals surface area contributed by atoms with E-state index in [0.717, 1.165) is 5.56 Å². The van der Waals surface area contributed by atoms with E-state index in [4.69, 9.17) is 22.7 Å². The number of guanidine groups is 1. The van der Waals surface area contributed by atoms with Crippen LogP contribution < -0.4 is 11.1 Å². The molecule has 0 fully saturated rings. The summed E-state index contributed by atoms with van der Waals surface area (Å²) in [6.07, 6.45) is 0. The van der Waals surface area contributed by atoms with Crippen LogP contribution in [0.4, 0.5) is 0 Å². The van der Waals surface area contributed by atoms with E-state index in [-0.39, 0.29) is 10.0 Å². The van der Waals surface area contributed by atoms with E-state index >= 15 is 0 Å². The second-order valence-corrected chi connectivity index (χ2v) is 5.47. The number of nitrogens with two attached hydrogens (primary N) is 1. The average molecular weight is 311 g/mol. The van der Waals surface area contributed by atoms with E-state index in [1.54, 1.807) is 0 Å². The lowest BCUT2D eigenvalue weighted by Crippen LogP contribution is -2.38. The molecule has 1 aromatic carbocycles. The fourth-order valence-electron chi connectivity index (χ4n) is 1.60. The number of aliphatic carboxylic acids is 1. The molecule has 1 atom stereocenters. The zero-order valence-electron chi connectivity index (χ0n) is 10.1. The number of benzene rings is 1. The van der Waals surface area contributed by atoms with Crippen molar-refractivity contribution >= 4 is 34.9 Å². The zero-order valence-corrected chi connectivity index (χ0v) is 11.7. The van der Waals surface area contributed by atoms with Crippen LogP contribution in [-0.4, -0.2) is 22.0 Å². The molecule has 0 aliphatic rings. The number of halogens is 1. The van der Waals surface area contributed by atoms with Crippen LogP contribution in [0, 0.1) is 5.41 Å². The molecule has 0 aliphatic heterocycles. The number of carbonyl (C=O) groups is 1. The Balaban J connectivity index is 2.40. The van der Waals surface area contributed by atoms with Crippen molar-refractivity contribution in [1.29, 1.82) is 5.41 Å². The minimum absolute atomic E-state index is 0.151. The second kappa shape index (κ2) is 5.89. The van der Waals surface area contributed by atoms with Gasteiger partial charge in [0.2, 0.25) is 0 Å². The maximum absolute atomic E-state index is 11.2. The molecule has 1 heterocycles. The standard InChI is InChI=1S/C12H11ClN4O2S/c13-9-7(8(11(18)19)17-12(14)15)16-10(20-9)6-4-2-1-3-5-6/h1-5,8H,(H,18,19)(H4,14,15,17). The average Bonchev–Trinajstić information content (AvgIpc) is 2.78. The molecular weight excluding hydrogens is 300 g/mol. The largest absolute Gasteiger partial charge is 0.479 e. The van der Waals surface area contributed by atoms with Gasteiger partial charge in [-0.2, -0.15) is 0 Å². The van der Waals surface area contributed by atoms with Crippen LogP contribution in [0.3, 0.4) is 0 Å². The smallest absolute Gasteiger partial charge is 0.332 e. The number of nitrogens with zero attached hydrogens (tertiary/aromatic N) is 1. The predicted molar refractivity (Wildman–Crippen MR) is 78.0 cm³/mol. The van der Waals surface area contributed by atoms with Gasteiger partial charge in [-0.1, -0.05) is 41.9 Å². The van der Waals surface area contributed by atoms with Gasteiger partial charge in [0.1, 0.15) is 15.0 Å². The summed E-state index contributed by atoms with van der Waals surface area (Å²) in [5.74, 6) is -1.66. The molecule has 0 aliphatic carbocycles. The summed E-state index contributed by atoms with van der Waals surface area (Å²) >= 11 is 7.24.